The van der Waals surface area contributed by atoms with E-state index < -0.39 is 0 Å². The molecule has 0 radical (unpaired) electrons. The van der Waals surface area contributed by atoms with Crippen molar-refractivity contribution in [2.24, 2.45) is 5.92 Å². The van der Waals surface area contributed by atoms with E-state index in [2.05, 4.69) is 56.2 Å². The first-order valence-electron chi connectivity index (χ1n) is 9.04. The summed E-state index contributed by atoms with van der Waals surface area (Å²) in [7, 11) is 0. The molecule has 1 atom stereocenters. The number of rotatable bonds is 3. The van der Waals surface area contributed by atoms with Gasteiger partial charge in [0.1, 0.15) is 0 Å². The van der Waals surface area contributed by atoms with Crippen LogP contribution in [0.1, 0.15) is 54.4 Å². The molecular formula is C18H37N3S. The first kappa shape index (κ1) is 18.6. The van der Waals surface area contributed by atoms with Gasteiger partial charge in [0, 0.05) is 37.8 Å². The number of piperazine rings is 1. The first-order valence-corrected chi connectivity index (χ1v) is 9.48. The molecule has 2 saturated heterocycles. The van der Waals surface area contributed by atoms with E-state index in [0.717, 1.165) is 12.5 Å². The molecule has 0 aromatic carbocycles. The Balaban J connectivity index is 1.77. The molecule has 0 spiro atoms. The minimum absolute atomic E-state index is 0.00353. The van der Waals surface area contributed by atoms with E-state index in [0.29, 0.717) is 11.6 Å². The van der Waals surface area contributed by atoms with Crippen molar-refractivity contribution in [1.82, 2.24) is 14.7 Å². The van der Waals surface area contributed by atoms with Crippen LogP contribution >= 0.6 is 12.6 Å². The Kier molecular flexibility index (Phi) is 5.91. The zero-order valence-corrected chi connectivity index (χ0v) is 16.5. The van der Waals surface area contributed by atoms with E-state index in [9.17, 15) is 0 Å². The van der Waals surface area contributed by atoms with Crippen LogP contribution in [-0.4, -0.2) is 70.4 Å². The molecule has 0 bridgehead atoms. The lowest BCUT2D eigenvalue weighted by atomic mass is 9.92. The number of nitrogens with zero attached hydrogens (tertiary/aromatic N) is 3. The van der Waals surface area contributed by atoms with Gasteiger partial charge >= 0.3 is 0 Å². The summed E-state index contributed by atoms with van der Waals surface area (Å²) in [5.41, 5.74) is 0.337. The fourth-order valence-corrected chi connectivity index (χ4v) is 4.46. The lowest BCUT2D eigenvalue weighted by Crippen LogP contribution is -2.58. The molecule has 22 heavy (non-hydrogen) atoms. The van der Waals surface area contributed by atoms with Crippen LogP contribution in [0.2, 0.25) is 0 Å². The Bertz CT molecular complexity index is 350. The maximum absolute atomic E-state index is 4.76. The van der Waals surface area contributed by atoms with Crippen molar-refractivity contribution in [3.05, 3.63) is 0 Å². The van der Waals surface area contributed by atoms with Gasteiger partial charge in [-0.25, -0.2) is 0 Å². The van der Waals surface area contributed by atoms with Crippen LogP contribution in [-0.2, 0) is 0 Å². The molecule has 0 N–H and O–H groups in total. The Hall–Kier alpha value is 0.230. The molecule has 0 amide bonds. The quantitative estimate of drug-likeness (QED) is 0.798. The molecular weight excluding hydrogens is 290 g/mol. The Morgan fingerprint density at radius 3 is 2.00 bits per heavy atom. The summed E-state index contributed by atoms with van der Waals surface area (Å²) in [4.78, 5) is 7.88. The van der Waals surface area contributed by atoms with E-state index in [1.807, 2.05) is 0 Å². The average molecular weight is 328 g/mol. The van der Waals surface area contributed by atoms with Crippen molar-refractivity contribution in [2.75, 3.05) is 39.3 Å². The summed E-state index contributed by atoms with van der Waals surface area (Å²) in [6.45, 7) is 21.2. The highest BCUT2D eigenvalue weighted by Gasteiger charge is 2.33. The Morgan fingerprint density at radius 1 is 0.955 bits per heavy atom. The summed E-state index contributed by atoms with van der Waals surface area (Å²) in [5.74, 6) is 0.890. The van der Waals surface area contributed by atoms with Gasteiger partial charge in [-0.15, -0.1) is 0 Å². The zero-order chi connectivity index (χ0) is 16.5. The molecule has 130 valence electrons. The van der Waals surface area contributed by atoms with Gasteiger partial charge in [0.05, 0.1) is 4.87 Å². The van der Waals surface area contributed by atoms with Crippen molar-refractivity contribution in [1.29, 1.82) is 0 Å². The molecule has 0 unspecified atom stereocenters. The maximum atomic E-state index is 4.76. The largest absolute Gasteiger partial charge is 0.300 e. The maximum Gasteiger partial charge on any atom is 0.0586 e. The number of likely N-dealkylation sites (tertiary alicyclic amines) is 1. The van der Waals surface area contributed by atoms with E-state index in [4.69, 9.17) is 12.6 Å². The van der Waals surface area contributed by atoms with Crippen LogP contribution in [0.25, 0.3) is 0 Å². The molecule has 0 aliphatic carbocycles. The number of thiol groups is 1. The van der Waals surface area contributed by atoms with Crippen LogP contribution in [0.15, 0.2) is 0 Å². The molecule has 0 aromatic rings. The Labute approximate surface area is 143 Å². The zero-order valence-electron chi connectivity index (χ0n) is 15.6. The monoisotopic (exact) mass is 327 g/mol. The summed E-state index contributed by atoms with van der Waals surface area (Å²) >= 11 is 4.76. The SMILES string of the molecule is C[C@@H]1CN(CC2CCN(C(C)(C)C)CC2)CCN1C(C)(C)S. The smallest absolute Gasteiger partial charge is 0.0586 e. The topological polar surface area (TPSA) is 9.72 Å². The van der Waals surface area contributed by atoms with Gasteiger partial charge in [-0.3, -0.25) is 9.80 Å². The van der Waals surface area contributed by atoms with Gasteiger partial charge in [0.15, 0.2) is 0 Å². The number of piperidine rings is 1. The second-order valence-corrected chi connectivity index (χ2v) is 9.99. The summed E-state index contributed by atoms with van der Waals surface area (Å²) in [6.07, 6.45) is 2.73. The van der Waals surface area contributed by atoms with Crippen molar-refractivity contribution in [3.8, 4) is 0 Å². The van der Waals surface area contributed by atoms with Crippen LogP contribution in [0.5, 0.6) is 0 Å². The molecule has 0 aromatic heterocycles. The van der Waals surface area contributed by atoms with Gasteiger partial charge < -0.3 is 4.90 Å². The van der Waals surface area contributed by atoms with Crippen LogP contribution in [0.4, 0.5) is 0 Å². The van der Waals surface area contributed by atoms with Gasteiger partial charge in [-0.05, 0) is 73.4 Å². The van der Waals surface area contributed by atoms with E-state index in [1.165, 1.54) is 45.6 Å². The van der Waals surface area contributed by atoms with Crippen molar-refractivity contribution >= 4 is 12.6 Å². The molecule has 2 aliphatic heterocycles. The van der Waals surface area contributed by atoms with Gasteiger partial charge in [-0.2, -0.15) is 12.6 Å². The van der Waals surface area contributed by atoms with Gasteiger partial charge in [0.25, 0.3) is 0 Å². The number of hydrogen-bond donors (Lipinski definition) is 1. The van der Waals surface area contributed by atoms with Gasteiger partial charge in [-0.1, -0.05) is 0 Å². The summed E-state index contributed by atoms with van der Waals surface area (Å²) in [6, 6.07) is 0.607. The fourth-order valence-electron chi connectivity index (χ4n) is 4.16. The van der Waals surface area contributed by atoms with Crippen molar-refractivity contribution < 1.29 is 0 Å². The highest BCUT2D eigenvalue weighted by Crippen LogP contribution is 2.27. The molecule has 0 saturated carbocycles. The van der Waals surface area contributed by atoms with E-state index in [1.54, 1.807) is 0 Å². The average Bonchev–Trinajstić information content (AvgIpc) is 2.36. The molecule has 2 rings (SSSR count). The standard InChI is InChI=1S/C18H37N3S/c1-15-13-19(11-12-21(15)18(5,6)22)14-16-7-9-20(10-8-16)17(2,3)4/h15-16,22H,7-14H2,1-6H3/t15-/m1/s1. The van der Waals surface area contributed by atoms with Crippen molar-refractivity contribution in [2.45, 2.75) is 70.8 Å². The predicted molar refractivity (Wildman–Crippen MR) is 99.7 cm³/mol. The molecule has 2 aliphatic rings. The van der Waals surface area contributed by atoms with E-state index >= 15 is 0 Å². The second kappa shape index (κ2) is 7.00. The summed E-state index contributed by atoms with van der Waals surface area (Å²) < 4.78 is 0. The highest BCUT2D eigenvalue weighted by molar-refractivity contribution is 7.81. The van der Waals surface area contributed by atoms with Crippen LogP contribution < -0.4 is 0 Å². The lowest BCUT2D eigenvalue weighted by Gasteiger charge is -2.47. The van der Waals surface area contributed by atoms with Gasteiger partial charge in [0.2, 0.25) is 0 Å². The third kappa shape index (κ3) is 4.86. The Morgan fingerprint density at radius 2 is 1.55 bits per heavy atom. The first-order chi connectivity index (χ1) is 10.1. The fraction of sp³-hybridized carbons (Fsp3) is 1.00. The minimum Gasteiger partial charge on any atom is -0.300 e. The van der Waals surface area contributed by atoms with Crippen LogP contribution in [0.3, 0.4) is 0 Å². The molecule has 2 heterocycles. The molecule has 3 nitrogen and oxygen atoms in total. The lowest BCUT2D eigenvalue weighted by molar-refractivity contribution is 0.0268. The third-order valence-corrected chi connectivity index (χ3v) is 5.75. The van der Waals surface area contributed by atoms with E-state index in [-0.39, 0.29) is 4.87 Å². The third-order valence-electron chi connectivity index (χ3n) is 5.49. The number of hydrogen-bond acceptors (Lipinski definition) is 4. The second-order valence-electron chi connectivity index (χ2n) is 8.90. The minimum atomic E-state index is 0.00353. The highest BCUT2D eigenvalue weighted by atomic mass is 32.1. The van der Waals surface area contributed by atoms with Crippen molar-refractivity contribution in [3.63, 3.8) is 0 Å². The normalized spacial score (nSPS) is 28.2. The summed E-state index contributed by atoms with van der Waals surface area (Å²) in [5, 5.41) is 0. The molecule has 4 heteroatoms. The van der Waals surface area contributed by atoms with Crippen LogP contribution in [0, 0.1) is 5.92 Å². The predicted octanol–water partition coefficient (Wildman–Crippen LogP) is 3.17. The molecule has 2 fully saturated rings.